The van der Waals surface area contributed by atoms with Crippen molar-refractivity contribution >= 4 is 5.91 Å². The lowest BCUT2D eigenvalue weighted by atomic mass is 9.75. The standard InChI is InChI=1S/C20H27N3O3/c1-21(2)18(24)11-23-10-15(14-3-4-16-17(9-14)26-12-25-16)20-19(23)13-5-7-22(20)8-6-13/h3-4,9,13,15,19-20H,5-8,10-12H2,1-2H3/t15-,19-,20-/m1/s1. The highest BCUT2D eigenvalue weighted by Gasteiger charge is 2.53. The van der Waals surface area contributed by atoms with Gasteiger partial charge in [-0.3, -0.25) is 14.6 Å². The van der Waals surface area contributed by atoms with Crippen LogP contribution in [-0.2, 0) is 4.79 Å². The van der Waals surface area contributed by atoms with Crippen molar-refractivity contribution in [3.05, 3.63) is 23.8 Å². The van der Waals surface area contributed by atoms with E-state index in [2.05, 4.69) is 21.9 Å². The van der Waals surface area contributed by atoms with E-state index in [-0.39, 0.29) is 5.91 Å². The Morgan fingerprint density at radius 2 is 1.92 bits per heavy atom. The number of hydrogen-bond donors (Lipinski definition) is 0. The van der Waals surface area contributed by atoms with Crippen LogP contribution in [0.2, 0.25) is 0 Å². The van der Waals surface area contributed by atoms with Crippen molar-refractivity contribution in [2.75, 3.05) is 47.1 Å². The third-order valence-corrected chi connectivity index (χ3v) is 6.76. The third kappa shape index (κ3) is 2.50. The highest BCUT2D eigenvalue weighted by Crippen LogP contribution is 2.47. The number of benzene rings is 1. The van der Waals surface area contributed by atoms with Gasteiger partial charge in [0.15, 0.2) is 11.5 Å². The Kier molecular flexibility index (Phi) is 3.87. The van der Waals surface area contributed by atoms with Gasteiger partial charge in [-0.1, -0.05) is 6.07 Å². The summed E-state index contributed by atoms with van der Waals surface area (Å²) >= 11 is 0. The molecule has 2 bridgehead atoms. The Bertz CT molecular complexity index is 714. The summed E-state index contributed by atoms with van der Waals surface area (Å²) in [5, 5.41) is 0. The van der Waals surface area contributed by atoms with Gasteiger partial charge in [0, 0.05) is 38.6 Å². The van der Waals surface area contributed by atoms with Crippen molar-refractivity contribution in [1.82, 2.24) is 14.7 Å². The average Bonchev–Trinajstić information content (AvgIpc) is 3.27. The molecule has 3 atom stereocenters. The van der Waals surface area contributed by atoms with Crippen molar-refractivity contribution in [1.29, 1.82) is 0 Å². The fraction of sp³-hybridized carbons (Fsp3) is 0.650. The summed E-state index contributed by atoms with van der Waals surface area (Å²) in [5.41, 5.74) is 1.32. The molecule has 1 aromatic rings. The van der Waals surface area contributed by atoms with Gasteiger partial charge in [0.1, 0.15) is 0 Å². The maximum atomic E-state index is 12.4. The zero-order valence-electron chi connectivity index (χ0n) is 15.6. The summed E-state index contributed by atoms with van der Waals surface area (Å²) in [6, 6.07) is 7.40. The second-order valence-electron chi connectivity index (χ2n) is 8.29. The molecule has 26 heavy (non-hydrogen) atoms. The van der Waals surface area contributed by atoms with Crippen LogP contribution in [0, 0.1) is 5.92 Å². The monoisotopic (exact) mass is 357 g/mol. The van der Waals surface area contributed by atoms with Crippen molar-refractivity contribution in [3.8, 4) is 11.5 Å². The first kappa shape index (κ1) is 16.4. The van der Waals surface area contributed by atoms with Crippen molar-refractivity contribution in [2.24, 2.45) is 5.92 Å². The molecule has 5 heterocycles. The molecule has 0 N–H and O–H groups in total. The zero-order chi connectivity index (χ0) is 17.8. The van der Waals surface area contributed by atoms with Gasteiger partial charge in [-0.05, 0) is 49.5 Å². The number of likely N-dealkylation sites (tertiary alicyclic amines) is 1. The molecule has 1 amide bonds. The number of likely N-dealkylation sites (N-methyl/N-ethyl adjacent to an activating group) is 1. The van der Waals surface area contributed by atoms with Crippen molar-refractivity contribution in [3.63, 3.8) is 0 Å². The number of ether oxygens (including phenoxy) is 2. The molecular weight excluding hydrogens is 330 g/mol. The topological polar surface area (TPSA) is 45.3 Å². The Morgan fingerprint density at radius 3 is 2.69 bits per heavy atom. The van der Waals surface area contributed by atoms with Gasteiger partial charge in [0.25, 0.3) is 0 Å². The SMILES string of the molecule is CN(C)C(=O)CN1C[C@H](c2ccc3c(c2)OCO3)[C@@H]2[C@H]1C1CCN2CC1. The number of amides is 1. The fourth-order valence-electron chi connectivity index (χ4n) is 5.47. The lowest BCUT2D eigenvalue weighted by Gasteiger charge is -2.51. The smallest absolute Gasteiger partial charge is 0.236 e. The molecular formula is C20H27N3O3. The van der Waals surface area contributed by atoms with E-state index in [1.54, 1.807) is 4.90 Å². The quantitative estimate of drug-likeness (QED) is 0.818. The van der Waals surface area contributed by atoms with Gasteiger partial charge in [-0.2, -0.15) is 0 Å². The first-order chi connectivity index (χ1) is 12.6. The summed E-state index contributed by atoms with van der Waals surface area (Å²) in [6.07, 6.45) is 2.53. The second-order valence-corrected chi connectivity index (χ2v) is 8.29. The minimum Gasteiger partial charge on any atom is -0.454 e. The van der Waals surface area contributed by atoms with E-state index in [0.717, 1.165) is 24.0 Å². The highest BCUT2D eigenvalue weighted by molar-refractivity contribution is 5.77. The predicted octanol–water partition coefficient (Wildman–Crippen LogP) is 1.37. The molecule has 5 aliphatic heterocycles. The molecule has 6 nitrogen and oxygen atoms in total. The number of nitrogens with zero attached hydrogens (tertiary/aromatic N) is 3. The molecule has 0 aromatic heterocycles. The summed E-state index contributed by atoms with van der Waals surface area (Å²) in [6.45, 7) is 4.18. The third-order valence-electron chi connectivity index (χ3n) is 6.76. The maximum absolute atomic E-state index is 12.4. The predicted molar refractivity (Wildman–Crippen MR) is 97.4 cm³/mol. The average molecular weight is 357 g/mol. The number of piperidine rings is 3. The van der Waals surface area contributed by atoms with Gasteiger partial charge in [0.2, 0.25) is 12.7 Å². The van der Waals surface area contributed by atoms with E-state index in [0.29, 0.717) is 31.3 Å². The van der Waals surface area contributed by atoms with E-state index >= 15 is 0 Å². The van der Waals surface area contributed by atoms with Crippen LogP contribution in [0.5, 0.6) is 11.5 Å². The number of hydrogen-bond acceptors (Lipinski definition) is 5. The van der Waals surface area contributed by atoms with Crippen LogP contribution >= 0.6 is 0 Å². The van der Waals surface area contributed by atoms with Crippen LogP contribution in [0.1, 0.15) is 24.3 Å². The van der Waals surface area contributed by atoms with Crippen LogP contribution in [0.15, 0.2) is 18.2 Å². The Morgan fingerprint density at radius 1 is 1.15 bits per heavy atom. The maximum Gasteiger partial charge on any atom is 0.236 e. The van der Waals surface area contributed by atoms with E-state index in [1.807, 2.05) is 20.2 Å². The van der Waals surface area contributed by atoms with Gasteiger partial charge in [-0.25, -0.2) is 0 Å². The van der Waals surface area contributed by atoms with Crippen LogP contribution in [0.3, 0.4) is 0 Å². The number of fused-ring (bicyclic) bond motifs is 3. The Hall–Kier alpha value is -1.79. The summed E-state index contributed by atoms with van der Waals surface area (Å²) in [5.74, 6) is 3.05. The minimum absolute atomic E-state index is 0.200. The van der Waals surface area contributed by atoms with E-state index in [9.17, 15) is 4.79 Å². The van der Waals surface area contributed by atoms with E-state index in [1.165, 1.54) is 31.5 Å². The van der Waals surface area contributed by atoms with Gasteiger partial charge in [0.05, 0.1) is 6.54 Å². The fourth-order valence-corrected chi connectivity index (χ4v) is 5.47. The number of rotatable bonds is 3. The zero-order valence-corrected chi connectivity index (χ0v) is 15.6. The first-order valence-corrected chi connectivity index (χ1v) is 9.69. The molecule has 6 heteroatoms. The van der Waals surface area contributed by atoms with Crippen LogP contribution in [0.25, 0.3) is 0 Å². The van der Waals surface area contributed by atoms with Crippen molar-refractivity contribution in [2.45, 2.75) is 30.8 Å². The lowest BCUT2D eigenvalue weighted by Crippen LogP contribution is -2.60. The lowest BCUT2D eigenvalue weighted by molar-refractivity contribution is -0.131. The molecule has 0 spiro atoms. The molecule has 140 valence electrons. The van der Waals surface area contributed by atoms with E-state index < -0.39 is 0 Å². The number of carbonyl (C=O) groups is 1. The van der Waals surface area contributed by atoms with Crippen LogP contribution < -0.4 is 9.47 Å². The molecule has 0 unspecified atom stereocenters. The van der Waals surface area contributed by atoms with Gasteiger partial charge < -0.3 is 14.4 Å². The van der Waals surface area contributed by atoms with Crippen molar-refractivity contribution < 1.29 is 14.3 Å². The molecule has 0 radical (unpaired) electrons. The van der Waals surface area contributed by atoms with E-state index in [4.69, 9.17) is 9.47 Å². The molecule has 1 aromatic carbocycles. The molecule has 0 saturated carbocycles. The largest absolute Gasteiger partial charge is 0.454 e. The summed E-state index contributed by atoms with van der Waals surface area (Å²) in [4.78, 5) is 19.2. The van der Waals surface area contributed by atoms with Gasteiger partial charge in [-0.15, -0.1) is 0 Å². The Balaban J connectivity index is 1.47. The van der Waals surface area contributed by atoms with Gasteiger partial charge >= 0.3 is 0 Å². The van der Waals surface area contributed by atoms with Crippen LogP contribution in [0.4, 0.5) is 0 Å². The number of carbonyl (C=O) groups excluding carboxylic acids is 1. The highest BCUT2D eigenvalue weighted by atomic mass is 16.7. The second kappa shape index (κ2) is 6.13. The molecule has 5 aliphatic rings. The normalized spacial score (nSPS) is 34.8. The summed E-state index contributed by atoms with van der Waals surface area (Å²) in [7, 11) is 3.70. The Labute approximate surface area is 154 Å². The molecule has 4 saturated heterocycles. The molecule has 6 rings (SSSR count). The minimum atomic E-state index is 0.200. The molecule has 0 aliphatic carbocycles. The molecule has 4 fully saturated rings. The summed E-state index contributed by atoms with van der Waals surface area (Å²) < 4.78 is 11.1. The van der Waals surface area contributed by atoms with Crippen LogP contribution in [-0.4, -0.2) is 79.8 Å². The first-order valence-electron chi connectivity index (χ1n) is 9.69.